The van der Waals surface area contributed by atoms with Crippen molar-refractivity contribution in [1.29, 1.82) is 0 Å². The van der Waals surface area contributed by atoms with E-state index in [0.717, 1.165) is 37.2 Å². The Balaban J connectivity index is 0. The summed E-state index contributed by atoms with van der Waals surface area (Å²) in [5, 5.41) is 0. The van der Waals surface area contributed by atoms with Crippen LogP contribution in [0.25, 0.3) is 0 Å². The maximum absolute atomic E-state index is 10.5. The molecule has 1 aromatic carbocycles. The fourth-order valence-corrected chi connectivity index (χ4v) is 1.54. The molecule has 3 nitrogen and oxygen atoms in total. The van der Waals surface area contributed by atoms with Gasteiger partial charge in [0.25, 0.3) is 0 Å². The molecular formula is C21H38O3. The van der Waals surface area contributed by atoms with Gasteiger partial charge in [0.15, 0.2) is 0 Å². The number of aldehydes is 1. The Bertz CT molecular complexity index is 391. The Hall–Kier alpha value is -1.51. The van der Waals surface area contributed by atoms with Gasteiger partial charge in [0.1, 0.15) is 17.8 Å². The number of hydrogen-bond donors (Lipinski definition) is 0. The third-order valence-electron chi connectivity index (χ3n) is 3.02. The number of hydrogen-bond acceptors (Lipinski definition) is 3. The molecule has 0 radical (unpaired) electrons. The van der Waals surface area contributed by atoms with Crippen molar-refractivity contribution in [3.63, 3.8) is 0 Å². The number of carbonyl (C=O) groups is 1. The van der Waals surface area contributed by atoms with Gasteiger partial charge in [-0.05, 0) is 42.5 Å². The summed E-state index contributed by atoms with van der Waals surface area (Å²) in [5.74, 6) is 1.73. The second kappa shape index (κ2) is 15.0. The average molecular weight is 339 g/mol. The van der Waals surface area contributed by atoms with Gasteiger partial charge in [-0.1, -0.05) is 55.4 Å². The van der Waals surface area contributed by atoms with Crippen LogP contribution in [-0.2, 0) is 4.79 Å². The van der Waals surface area contributed by atoms with E-state index in [1.807, 2.05) is 58.9 Å². The first-order chi connectivity index (χ1) is 11.4. The van der Waals surface area contributed by atoms with E-state index in [9.17, 15) is 4.79 Å². The van der Waals surface area contributed by atoms with Crippen molar-refractivity contribution in [2.24, 2.45) is 11.3 Å². The quantitative estimate of drug-likeness (QED) is 0.533. The molecule has 0 aliphatic heterocycles. The van der Waals surface area contributed by atoms with Crippen molar-refractivity contribution in [2.75, 3.05) is 13.2 Å². The lowest BCUT2D eigenvalue weighted by atomic mass is 9.93. The summed E-state index contributed by atoms with van der Waals surface area (Å²) in [4.78, 5) is 10.5. The van der Waals surface area contributed by atoms with Crippen LogP contribution in [0.2, 0.25) is 0 Å². The lowest BCUT2D eigenvalue weighted by Gasteiger charge is -2.18. The van der Waals surface area contributed by atoms with Crippen molar-refractivity contribution in [1.82, 2.24) is 0 Å². The van der Waals surface area contributed by atoms with Crippen LogP contribution in [0.5, 0.6) is 11.5 Å². The molecule has 1 aromatic rings. The largest absolute Gasteiger partial charge is 0.494 e. The van der Waals surface area contributed by atoms with Crippen molar-refractivity contribution < 1.29 is 14.3 Å². The number of ether oxygens (including phenoxy) is 2. The molecule has 3 heteroatoms. The maximum Gasteiger partial charge on any atom is 0.122 e. The molecule has 0 saturated carbocycles. The first-order valence-corrected chi connectivity index (χ1v) is 9.22. The molecule has 1 atom stereocenters. The predicted molar refractivity (Wildman–Crippen MR) is 104 cm³/mol. The molecule has 0 N–H and O–H groups in total. The van der Waals surface area contributed by atoms with Gasteiger partial charge < -0.3 is 14.3 Å². The predicted octanol–water partition coefficient (Wildman–Crippen LogP) is 6.16. The molecule has 0 bridgehead atoms. The summed E-state index contributed by atoms with van der Waals surface area (Å²) >= 11 is 0. The third-order valence-corrected chi connectivity index (χ3v) is 3.02. The fraction of sp³-hybridized carbons (Fsp3) is 0.667. The van der Waals surface area contributed by atoms with E-state index in [4.69, 9.17) is 9.47 Å². The van der Waals surface area contributed by atoms with Crippen LogP contribution in [0.15, 0.2) is 24.3 Å². The number of carbonyl (C=O) groups excluding carboxylic acids is 1. The zero-order chi connectivity index (χ0) is 19.0. The summed E-state index contributed by atoms with van der Waals surface area (Å²) in [6.07, 6.45) is 2.72. The molecule has 0 aliphatic rings. The van der Waals surface area contributed by atoms with Crippen LogP contribution in [-0.4, -0.2) is 19.5 Å². The molecule has 0 amide bonds. The highest BCUT2D eigenvalue weighted by Crippen LogP contribution is 2.21. The molecule has 0 spiro atoms. The average Bonchev–Trinajstić information content (AvgIpc) is 2.58. The van der Waals surface area contributed by atoms with Crippen molar-refractivity contribution in [3.05, 3.63) is 24.3 Å². The van der Waals surface area contributed by atoms with Gasteiger partial charge >= 0.3 is 0 Å². The van der Waals surface area contributed by atoms with E-state index in [-0.39, 0.29) is 5.92 Å². The van der Waals surface area contributed by atoms with Crippen LogP contribution in [0.3, 0.4) is 0 Å². The first-order valence-electron chi connectivity index (χ1n) is 9.22. The van der Waals surface area contributed by atoms with Gasteiger partial charge in [0.2, 0.25) is 0 Å². The van der Waals surface area contributed by atoms with Crippen molar-refractivity contribution in [2.45, 2.75) is 68.2 Å². The monoisotopic (exact) mass is 338 g/mol. The van der Waals surface area contributed by atoms with E-state index in [1.54, 1.807) is 0 Å². The van der Waals surface area contributed by atoms with Gasteiger partial charge in [0.05, 0.1) is 13.2 Å². The Morgan fingerprint density at radius 3 is 1.71 bits per heavy atom. The highest BCUT2D eigenvalue weighted by molar-refractivity contribution is 5.52. The SMILES string of the molecule is CC.CC.CC(C=O)CCOc1ccc(OCCC(C)(C)C)cc1. The summed E-state index contributed by atoms with van der Waals surface area (Å²) in [5.41, 5.74) is 0.290. The Morgan fingerprint density at radius 1 is 0.917 bits per heavy atom. The molecule has 0 heterocycles. The van der Waals surface area contributed by atoms with E-state index in [0.29, 0.717) is 12.0 Å². The highest BCUT2D eigenvalue weighted by atomic mass is 16.5. The molecular weight excluding hydrogens is 300 g/mol. The second-order valence-corrected chi connectivity index (χ2v) is 6.38. The smallest absolute Gasteiger partial charge is 0.122 e. The molecule has 140 valence electrons. The van der Waals surface area contributed by atoms with E-state index in [2.05, 4.69) is 20.8 Å². The Morgan fingerprint density at radius 2 is 1.33 bits per heavy atom. The molecule has 0 aromatic heterocycles. The van der Waals surface area contributed by atoms with Gasteiger partial charge in [-0.25, -0.2) is 0 Å². The molecule has 24 heavy (non-hydrogen) atoms. The molecule has 0 fully saturated rings. The van der Waals surface area contributed by atoms with Crippen LogP contribution < -0.4 is 9.47 Å². The highest BCUT2D eigenvalue weighted by Gasteiger charge is 2.09. The van der Waals surface area contributed by atoms with Gasteiger partial charge in [-0.2, -0.15) is 0 Å². The van der Waals surface area contributed by atoms with E-state index in [1.165, 1.54) is 0 Å². The Labute approximate surface area is 149 Å². The number of rotatable bonds is 8. The standard InChI is InChI=1S/C17H26O3.2C2H6/c1-14(13-18)9-11-19-15-5-7-16(8-6-15)20-12-10-17(2,3)4;2*1-2/h5-8,13-14H,9-12H2,1-4H3;2*1-2H3. The summed E-state index contributed by atoms with van der Waals surface area (Å²) < 4.78 is 11.3. The molecule has 1 unspecified atom stereocenters. The molecule has 1 rings (SSSR count). The normalized spacial score (nSPS) is 11.2. The topological polar surface area (TPSA) is 35.5 Å². The van der Waals surface area contributed by atoms with Gasteiger partial charge in [0, 0.05) is 5.92 Å². The van der Waals surface area contributed by atoms with Crippen LogP contribution in [0, 0.1) is 11.3 Å². The minimum Gasteiger partial charge on any atom is -0.494 e. The molecule has 0 saturated heterocycles. The second-order valence-electron chi connectivity index (χ2n) is 6.38. The van der Waals surface area contributed by atoms with Crippen molar-refractivity contribution >= 4 is 6.29 Å². The lowest BCUT2D eigenvalue weighted by molar-refractivity contribution is -0.111. The maximum atomic E-state index is 10.5. The number of benzene rings is 1. The van der Waals surface area contributed by atoms with Crippen LogP contribution in [0.1, 0.15) is 68.2 Å². The summed E-state index contributed by atoms with van der Waals surface area (Å²) in [6.45, 7) is 17.8. The zero-order valence-electron chi connectivity index (χ0n) is 17.0. The zero-order valence-corrected chi connectivity index (χ0v) is 17.0. The van der Waals surface area contributed by atoms with Crippen LogP contribution >= 0.6 is 0 Å². The minimum atomic E-state index is 0.0509. The summed E-state index contributed by atoms with van der Waals surface area (Å²) in [7, 11) is 0. The minimum absolute atomic E-state index is 0.0509. The fourth-order valence-electron chi connectivity index (χ4n) is 1.54. The first kappa shape index (κ1) is 24.7. The summed E-state index contributed by atoms with van der Waals surface area (Å²) in [6, 6.07) is 7.64. The van der Waals surface area contributed by atoms with Gasteiger partial charge in [-0.15, -0.1) is 0 Å². The van der Waals surface area contributed by atoms with Crippen molar-refractivity contribution in [3.8, 4) is 11.5 Å². The Kier molecular flexibility index (Phi) is 15.5. The molecule has 0 aliphatic carbocycles. The van der Waals surface area contributed by atoms with E-state index >= 15 is 0 Å². The third kappa shape index (κ3) is 14.1. The van der Waals surface area contributed by atoms with E-state index < -0.39 is 0 Å². The lowest BCUT2D eigenvalue weighted by Crippen LogP contribution is -2.11. The van der Waals surface area contributed by atoms with Gasteiger partial charge in [-0.3, -0.25) is 0 Å². The van der Waals surface area contributed by atoms with Crippen LogP contribution in [0.4, 0.5) is 0 Å².